The van der Waals surface area contributed by atoms with Crippen LogP contribution in [0, 0.1) is 0 Å². The minimum absolute atomic E-state index is 0.383. The molecule has 0 unspecified atom stereocenters. The van der Waals surface area contributed by atoms with Crippen molar-refractivity contribution in [1.82, 2.24) is 0 Å². The zero-order valence-corrected chi connectivity index (χ0v) is 12.3. The van der Waals surface area contributed by atoms with Crippen LogP contribution in [0.25, 0.3) is 0 Å². The van der Waals surface area contributed by atoms with Gasteiger partial charge in [0.15, 0.2) is 0 Å². The lowest BCUT2D eigenvalue weighted by molar-refractivity contribution is 0.0603. The summed E-state index contributed by atoms with van der Waals surface area (Å²) in [4.78, 5) is 23.9. The zero-order chi connectivity index (χ0) is 15.4. The molecule has 0 amide bonds. The van der Waals surface area contributed by atoms with Crippen LogP contribution in [0.2, 0.25) is 0 Å². The second-order valence-electron chi connectivity index (χ2n) is 5.48. The molecule has 0 atom stereocenters. The molecule has 0 saturated heterocycles. The van der Waals surface area contributed by atoms with Gasteiger partial charge in [-0.3, -0.25) is 0 Å². The number of benzene rings is 1. The molecule has 3 rings (SSSR count). The highest BCUT2D eigenvalue weighted by Gasteiger charge is 2.16. The Kier molecular flexibility index (Phi) is 4.37. The Morgan fingerprint density at radius 1 is 0.727 bits per heavy atom. The molecule has 2 aliphatic rings. The van der Waals surface area contributed by atoms with E-state index in [-0.39, 0.29) is 11.9 Å². The van der Waals surface area contributed by atoms with Crippen LogP contribution in [0.1, 0.15) is 59.2 Å². The molecule has 0 N–H and O–H groups in total. The molecule has 22 heavy (non-hydrogen) atoms. The average molecular weight is 298 g/mol. The van der Waals surface area contributed by atoms with Gasteiger partial charge in [0, 0.05) is 12.8 Å². The molecule has 0 spiro atoms. The van der Waals surface area contributed by atoms with Gasteiger partial charge in [-0.25, -0.2) is 9.59 Å². The topological polar surface area (TPSA) is 52.6 Å². The van der Waals surface area contributed by atoms with Crippen molar-refractivity contribution in [2.24, 2.45) is 0 Å². The molecule has 0 bridgehead atoms. The maximum atomic E-state index is 12.0. The first-order valence-electron chi connectivity index (χ1n) is 7.65. The van der Waals surface area contributed by atoms with Crippen LogP contribution >= 0.6 is 0 Å². The van der Waals surface area contributed by atoms with Crippen LogP contribution in [0.4, 0.5) is 0 Å². The van der Waals surface area contributed by atoms with Crippen molar-refractivity contribution >= 4 is 11.9 Å². The van der Waals surface area contributed by atoms with Crippen molar-refractivity contribution in [1.29, 1.82) is 0 Å². The summed E-state index contributed by atoms with van der Waals surface area (Å²) in [5.41, 5.74) is 0.869. The summed E-state index contributed by atoms with van der Waals surface area (Å²) in [6.07, 6.45) is 9.49. The molecule has 2 aliphatic carbocycles. The number of allylic oxidation sites excluding steroid dienone is 4. The molecule has 114 valence electrons. The summed E-state index contributed by atoms with van der Waals surface area (Å²) in [5, 5.41) is 0. The van der Waals surface area contributed by atoms with E-state index in [1.165, 1.54) is 0 Å². The van der Waals surface area contributed by atoms with Crippen LogP contribution in [-0.4, -0.2) is 11.9 Å². The van der Waals surface area contributed by atoms with Gasteiger partial charge in [-0.1, -0.05) is 0 Å². The van der Waals surface area contributed by atoms with E-state index in [1.54, 1.807) is 24.3 Å². The van der Waals surface area contributed by atoms with Gasteiger partial charge in [0.1, 0.15) is 11.5 Å². The Bertz CT molecular complexity index is 581. The molecule has 0 saturated carbocycles. The van der Waals surface area contributed by atoms with Gasteiger partial charge in [-0.2, -0.15) is 0 Å². The van der Waals surface area contributed by atoms with E-state index >= 15 is 0 Å². The summed E-state index contributed by atoms with van der Waals surface area (Å²) in [5.74, 6) is 0.710. The summed E-state index contributed by atoms with van der Waals surface area (Å²) in [6.45, 7) is 0. The molecular weight excluding hydrogens is 280 g/mol. The first kappa shape index (κ1) is 14.6. The molecule has 0 aromatic heterocycles. The Hall–Kier alpha value is -2.36. The Labute approximate surface area is 129 Å². The monoisotopic (exact) mass is 298 g/mol. The van der Waals surface area contributed by atoms with Crippen LogP contribution in [0.15, 0.2) is 47.9 Å². The molecule has 0 aliphatic heterocycles. The van der Waals surface area contributed by atoms with Crippen molar-refractivity contribution in [3.8, 4) is 0 Å². The number of carbonyl (C=O) groups excluding carboxylic acids is 2. The predicted octanol–water partition coefficient (Wildman–Crippen LogP) is 4.14. The minimum Gasteiger partial charge on any atom is -0.428 e. The molecule has 1 aromatic carbocycles. The van der Waals surface area contributed by atoms with Crippen LogP contribution in [0.3, 0.4) is 0 Å². The van der Waals surface area contributed by atoms with Gasteiger partial charge in [0.05, 0.1) is 11.1 Å². The van der Waals surface area contributed by atoms with Gasteiger partial charge in [0.25, 0.3) is 0 Å². The number of esters is 2. The van der Waals surface area contributed by atoms with Crippen molar-refractivity contribution in [3.63, 3.8) is 0 Å². The normalized spacial score (nSPS) is 16.9. The van der Waals surface area contributed by atoms with Crippen molar-refractivity contribution in [2.75, 3.05) is 0 Å². The lowest BCUT2D eigenvalue weighted by atomic mass is 10.1. The van der Waals surface area contributed by atoms with Gasteiger partial charge < -0.3 is 9.47 Å². The highest BCUT2D eigenvalue weighted by molar-refractivity contribution is 5.94. The van der Waals surface area contributed by atoms with E-state index < -0.39 is 0 Å². The highest BCUT2D eigenvalue weighted by atomic mass is 16.5. The lowest BCUT2D eigenvalue weighted by Crippen LogP contribution is -2.07. The molecule has 4 heteroatoms. The van der Waals surface area contributed by atoms with E-state index in [2.05, 4.69) is 0 Å². The third kappa shape index (κ3) is 3.45. The van der Waals surface area contributed by atoms with Gasteiger partial charge in [-0.05, 0) is 62.1 Å². The number of hydrogen-bond acceptors (Lipinski definition) is 4. The minimum atomic E-state index is -0.383. The number of hydrogen-bond donors (Lipinski definition) is 0. The Morgan fingerprint density at radius 3 is 1.45 bits per heavy atom. The average Bonchev–Trinajstić information content (AvgIpc) is 3.21. The van der Waals surface area contributed by atoms with E-state index in [9.17, 15) is 9.59 Å². The molecule has 1 aromatic rings. The standard InChI is InChI=1S/C18H18O4/c19-17(21-15-5-1-2-6-15)13-9-11-14(12-10-13)18(20)22-16-7-3-4-8-16/h5,7,9-12H,1-4,6,8H2. The van der Waals surface area contributed by atoms with E-state index in [0.29, 0.717) is 11.1 Å². The molecular formula is C18H18O4. The lowest BCUT2D eigenvalue weighted by Gasteiger charge is -2.07. The SMILES string of the molecule is O=C(OC1=CCCC1)c1ccc(C(=O)OC2=CCCC2)cc1. The summed E-state index contributed by atoms with van der Waals surface area (Å²) in [7, 11) is 0. The van der Waals surface area contributed by atoms with E-state index in [1.807, 2.05) is 12.2 Å². The largest absolute Gasteiger partial charge is 0.428 e. The fraction of sp³-hybridized carbons (Fsp3) is 0.333. The number of carbonyl (C=O) groups is 2. The third-order valence-corrected chi connectivity index (χ3v) is 3.80. The molecule has 0 radical (unpaired) electrons. The second-order valence-corrected chi connectivity index (χ2v) is 5.48. The van der Waals surface area contributed by atoms with Crippen molar-refractivity contribution in [3.05, 3.63) is 59.1 Å². The smallest absolute Gasteiger partial charge is 0.343 e. The van der Waals surface area contributed by atoms with Gasteiger partial charge >= 0.3 is 11.9 Å². The fourth-order valence-corrected chi connectivity index (χ4v) is 2.57. The summed E-state index contributed by atoms with van der Waals surface area (Å²) >= 11 is 0. The van der Waals surface area contributed by atoms with Crippen LogP contribution < -0.4 is 0 Å². The quantitative estimate of drug-likeness (QED) is 0.784. The van der Waals surface area contributed by atoms with Crippen LogP contribution in [0.5, 0.6) is 0 Å². The maximum Gasteiger partial charge on any atom is 0.343 e. The molecule has 0 heterocycles. The van der Waals surface area contributed by atoms with Crippen LogP contribution in [-0.2, 0) is 9.47 Å². The summed E-state index contributed by atoms with van der Waals surface area (Å²) in [6, 6.07) is 6.38. The van der Waals surface area contributed by atoms with Crippen molar-refractivity contribution in [2.45, 2.75) is 38.5 Å². The van der Waals surface area contributed by atoms with E-state index in [4.69, 9.17) is 9.47 Å². The Morgan fingerprint density at radius 2 is 1.14 bits per heavy atom. The van der Waals surface area contributed by atoms with Crippen molar-refractivity contribution < 1.29 is 19.1 Å². The fourth-order valence-electron chi connectivity index (χ4n) is 2.57. The van der Waals surface area contributed by atoms with E-state index in [0.717, 1.165) is 50.0 Å². The summed E-state index contributed by atoms with van der Waals surface area (Å²) < 4.78 is 10.6. The first-order valence-corrected chi connectivity index (χ1v) is 7.65. The Balaban J connectivity index is 1.61. The highest BCUT2D eigenvalue weighted by Crippen LogP contribution is 2.21. The maximum absolute atomic E-state index is 12.0. The zero-order valence-electron chi connectivity index (χ0n) is 12.3. The van der Waals surface area contributed by atoms with Gasteiger partial charge in [0.2, 0.25) is 0 Å². The number of rotatable bonds is 4. The molecule has 0 fully saturated rings. The predicted molar refractivity (Wildman–Crippen MR) is 81.1 cm³/mol. The number of ether oxygens (including phenoxy) is 2. The second kappa shape index (κ2) is 6.60. The first-order chi connectivity index (χ1) is 10.7. The third-order valence-electron chi connectivity index (χ3n) is 3.80. The molecule has 4 nitrogen and oxygen atoms in total. The van der Waals surface area contributed by atoms with Gasteiger partial charge in [-0.15, -0.1) is 0 Å².